The second kappa shape index (κ2) is 8.07. The maximum Gasteiger partial charge on any atom is 0.233 e. The van der Waals surface area contributed by atoms with E-state index < -0.39 is 11.0 Å². The number of likely N-dealkylation sites (tertiary alicyclic amines) is 1. The standard InChI is InChI=1S/C19H33NO3/c1-6-7-8-9-10-11-15-12-16(22)20(17(15)23)19(4,5)13-18(2,3)14-21/h14-15H,6-13H2,1-5H3. The number of nitrogens with zero attached hydrogens (tertiary/aromatic N) is 1. The molecule has 1 aliphatic rings. The second-order valence-corrected chi connectivity index (χ2v) is 8.27. The van der Waals surface area contributed by atoms with Crippen molar-refractivity contribution in [2.45, 2.75) is 91.5 Å². The first-order chi connectivity index (χ1) is 10.6. The van der Waals surface area contributed by atoms with Crippen LogP contribution in [0.3, 0.4) is 0 Å². The zero-order valence-electron chi connectivity index (χ0n) is 15.5. The van der Waals surface area contributed by atoms with E-state index in [1.54, 1.807) is 0 Å². The van der Waals surface area contributed by atoms with Gasteiger partial charge in [0.2, 0.25) is 11.8 Å². The molecule has 0 bridgehead atoms. The van der Waals surface area contributed by atoms with Gasteiger partial charge >= 0.3 is 0 Å². The largest absolute Gasteiger partial charge is 0.303 e. The molecule has 0 aromatic rings. The van der Waals surface area contributed by atoms with E-state index >= 15 is 0 Å². The lowest BCUT2D eigenvalue weighted by atomic mass is 9.80. The number of unbranched alkanes of at least 4 members (excludes halogenated alkanes) is 4. The third kappa shape index (κ3) is 5.43. The van der Waals surface area contributed by atoms with Gasteiger partial charge < -0.3 is 4.79 Å². The number of carbonyl (C=O) groups is 3. The van der Waals surface area contributed by atoms with Gasteiger partial charge in [0, 0.05) is 23.3 Å². The number of carbonyl (C=O) groups excluding carboxylic acids is 3. The summed E-state index contributed by atoms with van der Waals surface area (Å²) < 4.78 is 0. The van der Waals surface area contributed by atoms with Crippen molar-refractivity contribution >= 4 is 18.1 Å². The molecule has 0 radical (unpaired) electrons. The molecule has 0 aliphatic carbocycles. The molecule has 4 heteroatoms. The van der Waals surface area contributed by atoms with Crippen molar-refractivity contribution in [3.8, 4) is 0 Å². The fraction of sp³-hybridized carbons (Fsp3) is 0.842. The zero-order chi connectivity index (χ0) is 17.7. The summed E-state index contributed by atoms with van der Waals surface area (Å²) in [6, 6.07) is 0. The molecule has 132 valence electrons. The summed E-state index contributed by atoms with van der Waals surface area (Å²) >= 11 is 0. The Morgan fingerprint density at radius 1 is 1.09 bits per heavy atom. The molecule has 1 rings (SSSR count). The third-order valence-electron chi connectivity index (χ3n) is 4.71. The van der Waals surface area contributed by atoms with Crippen molar-refractivity contribution in [2.24, 2.45) is 11.3 Å². The molecule has 0 aromatic heterocycles. The predicted octanol–water partition coefficient (Wildman–Crippen LogP) is 4.12. The van der Waals surface area contributed by atoms with E-state index in [0.717, 1.165) is 25.5 Å². The highest BCUT2D eigenvalue weighted by molar-refractivity contribution is 6.04. The minimum Gasteiger partial charge on any atom is -0.303 e. The average molecular weight is 323 g/mol. The summed E-state index contributed by atoms with van der Waals surface area (Å²) in [5.41, 5.74) is -1.15. The number of rotatable bonds is 10. The lowest BCUT2D eigenvalue weighted by Crippen LogP contribution is -2.50. The predicted molar refractivity (Wildman–Crippen MR) is 91.9 cm³/mol. The molecule has 0 aromatic carbocycles. The molecule has 2 amide bonds. The van der Waals surface area contributed by atoms with Crippen LogP contribution in [-0.2, 0) is 14.4 Å². The molecular weight excluding hydrogens is 290 g/mol. The van der Waals surface area contributed by atoms with Gasteiger partial charge in [-0.2, -0.15) is 0 Å². The average Bonchev–Trinajstić information content (AvgIpc) is 2.72. The third-order valence-corrected chi connectivity index (χ3v) is 4.71. The van der Waals surface area contributed by atoms with Gasteiger partial charge in [0.05, 0.1) is 0 Å². The van der Waals surface area contributed by atoms with Crippen LogP contribution in [0.25, 0.3) is 0 Å². The molecule has 1 atom stereocenters. The molecule has 1 aliphatic heterocycles. The molecule has 1 fully saturated rings. The first kappa shape index (κ1) is 19.9. The van der Waals surface area contributed by atoms with E-state index in [2.05, 4.69) is 6.92 Å². The fourth-order valence-electron chi connectivity index (χ4n) is 3.79. The van der Waals surface area contributed by atoms with Gasteiger partial charge in [-0.15, -0.1) is 0 Å². The highest BCUT2D eigenvalue weighted by atomic mass is 16.2. The number of aldehydes is 1. The molecule has 0 saturated carbocycles. The van der Waals surface area contributed by atoms with Gasteiger partial charge in [-0.05, 0) is 26.7 Å². The number of hydrogen-bond acceptors (Lipinski definition) is 3. The van der Waals surface area contributed by atoms with Gasteiger partial charge in [0.25, 0.3) is 0 Å². The summed E-state index contributed by atoms with van der Waals surface area (Å²) in [6.45, 7) is 9.64. The van der Waals surface area contributed by atoms with Crippen LogP contribution in [0, 0.1) is 11.3 Å². The lowest BCUT2D eigenvalue weighted by Gasteiger charge is -2.38. The summed E-state index contributed by atoms with van der Waals surface area (Å²) in [7, 11) is 0. The Kier molecular flexibility index (Phi) is 6.97. The molecule has 23 heavy (non-hydrogen) atoms. The second-order valence-electron chi connectivity index (χ2n) is 8.27. The van der Waals surface area contributed by atoms with E-state index in [4.69, 9.17) is 0 Å². The number of hydrogen-bond donors (Lipinski definition) is 0. The first-order valence-corrected chi connectivity index (χ1v) is 8.98. The molecule has 1 unspecified atom stereocenters. The van der Waals surface area contributed by atoms with Gasteiger partial charge in [0.15, 0.2) is 0 Å². The summed E-state index contributed by atoms with van der Waals surface area (Å²) in [5.74, 6) is -0.291. The SMILES string of the molecule is CCCCCCCC1CC(=O)N(C(C)(C)CC(C)(C)C=O)C1=O. The topological polar surface area (TPSA) is 54.5 Å². The fourth-order valence-corrected chi connectivity index (χ4v) is 3.79. The van der Waals surface area contributed by atoms with Gasteiger partial charge in [0.1, 0.15) is 6.29 Å². The van der Waals surface area contributed by atoms with Crippen molar-refractivity contribution < 1.29 is 14.4 Å². The van der Waals surface area contributed by atoms with Crippen LogP contribution in [0.2, 0.25) is 0 Å². The van der Waals surface area contributed by atoms with Crippen LogP contribution in [0.1, 0.15) is 86.0 Å². The minimum absolute atomic E-state index is 0.0443. The molecule has 0 spiro atoms. The van der Waals surface area contributed by atoms with E-state index in [0.29, 0.717) is 12.8 Å². The maximum absolute atomic E-state index is 12.7. The molecular formula is C19H33NO3. The van der Waals surface area contributed by atoms with E-state index in [1.165, 1.54) is 24.2 Å². The van der Waals surface area contributed by atoms with Crippen LogP contribution in [-0.4, -0.2) is 28.5 Å². The van der Waals surface area contributed by atoms with Crippen LogP contribution in [0.5, 0.6) is 0 Å². The summed E-state index contributed by atoms with van der Waals surface area (Å²) in [5, 5.41) is 0. The normalized spacial score (nSPS) is 19.5. The molecule has 4 nitrogen and oxygen atoms in total. The Labute approximate surface area is 141 Å². The van der Waals surface area contributed by atoms with E-state index in [1.807, 2.05) is 27.7 Å². The van der Waals surface area contributed by atoms with Gasteiger partial charge in [-0.25, -0.2) is 0 Å². The lowest BCUT2D eigenvalue weighted by molar-refractivity contribution is -0.147. The highest BCUT2D eigenvalue weighted by Gasteiger charge is 2.47. The highest BCUT2D eigenvalue weighted by Crippen LogP contribution is 2.36. The van der Waals surface area contributed by atoms with Gasteiger partial charge in [-0.1, -0.05) is 52.9 Å². The molecule has 1 heterocycles. The van der Waals surface area contributed by atoms with Crippen molar-refractivity contribution in [2.75, 3.05) is 0 Å². The van der Waals surface area contributed by atoms with Crippen LogP contribution in [0.4, 0.5) is 0 Å². The molecule has 1 saturated heterocycles. The Morgan fingerprint density at radius 3 is 2.26 bits per heavy atom. The quantitative estimate of drug-likeness (QED) is 0.345. The zero-order valence-corrected chi connectivity index (χ0v) is 15.5. The number of amides is 2. The van der Waals surface area contributed by atoms with Crippen LogP contribution in [0.15, 0.2) is 0 Å². The van der Waals surface area contributed by atoms with E-state index in [9.17, 15) is 14.4 Å². The summed E-state index contributed by atoms with van der Waals surface area (Å²) in [6.07, 6.45) is 8.32. The monoisotopic (exact) mass is 323 g/mol. The van der Waals surface area contributed by atoms with Crippen LogP contribution >= 0.6 is 0 Å². The smallest absolute Gasteiger partial charge is 0.233 e. The van der Waals surface area contributed by atoms with Crippen molar-refractivity contribution in [3.05, 3.63) is 0 Å². The maximum atomic E-state index is 12.7. The number of imide groups is 1. The molecule has 0 N–H and O–H groups in total. The minimum atomic E-state index is -0.616. The Bertz CT molecular complexity index is 440. The Balaban J connectivity index is 2.65. The van der Waals surface area contributed by atoms with Gasteiger partial charge in [-0.3, -0.25) is 14.5 Å². The Hall–Kier alpha value is -1.19. The first-order valence-electron chi connectivity index (χ1n) is 8.98. The van der Waals surface area contributed by atoms with Crippen LogP contribution < -0.4 is 0 Å². The van der Waals surface area contributed by atoms with E-state index in [-0.39, 0.29) is 17.7 Å². The van der Waals surface area contributed by atoms with Crippen molar-refractivity contribution in [3.63, 3.8) is 0 Å². The van der Waals surface area contributed by atoms with Crippen molar-refractivity contribution in [1.29, 1.82) is 0 Å². The Morgan fingerprint density at radius 2 is 1.70 bits per heavy atom. The van der Waals surface area contributed by atoms with Crippen molar-refractivity contribution in [1.82, 2.24) is 4.90 Å². The summed E-state index contributed by atoms with van der Waals surface area (Å²) in [4.78, 5) is 37.7.